The Bertz CT molecular complexity index is 1360. The third kappa shape index (κ3) is 5.53. The van der Waals surface area contributed by atoms with E-state index in [1.54, 1.807) is 23.2 Å². The van der Waals surface area contributed by atoms with Gasteiger partial charge in [0, 0.05) is 36.2 Å². The van der Waals surface area contributed by atoms with E-state index in [9.17, 15) is 9.59 Å². The number of carbonyl (C=O) groups is 2. The first-order valence-corrected chi connectivity index (χ1v) is 12.2. The minimum Gasteiger partial charge on any atom is -0.361 e. The van der Waals surface area contributed by atoms with Crippen LogP contribution in [0, 0.1) is 5.82 Å². The number of rotatable bonds is 6. The summed E-state index contributed by atoms with van der Waals surface area (Å²) in [5.74, 6) is -0.419. The van der Waals surface area contributed by atoms with Crippen molar-refractivity contribution in [3.8, 4) is 0 Å². The standard InChI is InChI=1S/C29H28FN5O2/c1-29(33-23-8-4-2-5-9-23)20-21(14-15-31-29)18-22-12-13-24(19-26(22)30)32-27(36)35-17-16-34(28(35)37)25-10-6-3-7-11-25/h2-15,19,33H,16-18,20H2,1H3,(H,32,36). The smallest absolute Gasteiger partial charge is 0.332 e. The van der Waals surface area contributed by atoms with Gasteiger partial charge < -0.3 is 10.6 Å². The van der Waals surface area contributed by atoms with Crippen molar-refractivity contribution in [2.45, 2.75) is 25.4 Å². The van der Waals surface area contributed by atoms with Crippen LogP contribution in [0.15, 0.2) is 95.5 Å². The summed E-state index contributed by atoms with van der Waals surface area (Å²) in [7, 11) is 0. The number of amides is 4. The Hall–Kier alpha value is -4.46. The molecule has 0 aromatic heterocycles. The number of allylic oxidation sites excluding steroid dienone is 1. The molecule has 188 valence electrons. The summed E-state index contributed by atoms with van der Waals surface area (Å²) in [5, 5.41) is 6.10. The highest BCUT2D eigenvalue weighted by molar-refractivity contribution is 6.08. The molecule has 2 N–H and O–H groups in total. The molecule has 3 aromatic carbocycles. The number of halogens is 1. The van der Waals surface area contributed by atoms with Gasteiger partial charge in [0.25, 0.3) is 0 Å². The van der Waals surface area contributed by atoms with Gasteiger partial charge in [0.2, 0.25) is 0 Å². The molecule has 1 unspecified atom stereocenters. The number of dihydropyridines is 1. The van der Waals surface area contributed by atoms with Crippen LogP contribution in [0.4, 0.5) is 31.0 Å². The van der Waals surface area contributed by atoms with Crippen LogP contribution in [-0.4, -0.2) is 41.9 Å². The van der Waals surface area contributed by atoms with Crippen LogP contribution >= 0.6 is 0 Å². The summed E-state index contributed by atoms with van der Waals surface area (Å²) < 4.78 is 15.0. The summed E-state index contributed by atoms with van der Waals surface area (Å²) >= 11 is 0. The lowest BCUT2D eigenvalue weighted by atomic mass is 9.93. The van der Waals surface area contributed by atoms with E-state index in [4.69, 9.17) is 0 Å². The van der Waals surface area contributed by atoms with Crippen LogP contribution in [0.25, 0.3) is 0 Å². The van der Waals surface area contributed by atoms with Crippen LogP contribution in [0.1, 0.15) is 18.9 Å². The molecule has 4 amide bonds. The van der Waals surface area contributed by atoms with Gasteiger partial charge in [0.05, 0.1) is 6.54 Å². The Morgan fingerprint density at radius 2 is 1.73 bits per heavy atom. The maximum Gasteiger partial charge on any atom is 0.332 e. The molecule has 2 heterocycles. The molecule has 3 aromatic rings. The third-order valence-corrected chi connectivity index (χ3v) is 6.47. The molecule has 0 saturated carbocycles. The number of para-hydroxylation sites is 2. The second kappa shape index (κ2) is 10.3. The van der Waals surface area contributed by atoms with E-state index in [0.717, 1.165) is 21.8 Å². The largest absolute Gasteiger partial charge is 0.361 e. The van der Waals surface area contributed by atoms with Crippen molar-refractivity contribution in [2.24, 2.45) is 4.99 Å². The van der Waals surface area contributed by atoms with E-state index in [1.165, 1.54) is 6.07 Å². The molecule has 1 atom stereocenters. The van der Waals surface area contributed by atoms with E-state index < -0.39 is 23.5 Å². The Balaban J connectivity index is 1.20. The molecular weight excluding hydrogens is 469 g/mol. The minimum absolute atomic E-state index is 0.256. The zero-order chi connectivity index (χ0) is 25.8. The monoisotopic (exact) mass is 497 g/mol. The van der Waals surface area contributed by atoms with E-state index in [0.29, 0.717) is 30.6 Å². The molecule has 1 saturated heterocycles. The Morgan fingerprint density at radius 3 is 2.46 bits per heavy atom. The molecule has 0 aliphatic carbocycles. The molecule has 2 aliphatic rings. The van der Waals surface area contributed by atoms with Gasteiger partial charge in [-0.3, -0.25) is 9.89 Å². The number of carbonyl (C=O) groups excluding carboxylic acids is 2. The normalized spacial score (nSPS) is 19.1. The van der Waals surface area contributed by atoms with Crippen molar-refractivity contribution in [1.29, 1.82) is 0 Å². The lowest BCUT2D eigenvalue weighted by Gasteiger charge is -2.31. The zero-order valence-electron chi connectivity index (χ0n) is 20.5. The van der Waals surface area contributed by atoms with Gasteiger partial charge in [-0.2, -0.15) is 0 Å². The zero-order valence-corrected chi connectivity index (χ0v) is 20.5. The highest BCUT2D eigenvalue weighted by Gasteiger charge is 2.34. The first kappa shape index (κ1) is 24.2. The number of hydrogen-bond donors (Lipinski definition) is 2. The number of anilines is 3. The summed E-state index contributed by atoms with van der Waals surface area (Å²) in [6.07, 6.45) is 4.73. The average Bonchev–Trinajstić information content (AvgIpc) is 3.28. The number of urea groups is 2. The molecule has 7 nitrogen and oxygen atoms in total. The van der Waals surface area contributed by atoms with Gasteiger partial charge in [-0.15, -0.1) is 0 Å². The van der Waals surface area contributed by atoms with Gasteiger partial charge in [-0.05, 0) is 61.4 Å². The van der Waals surface area contributed by atoms with Crippen LogP contribution in [0.3, 0.4) is 0 Å². The quantitative estimate of drug-likeness (QED) is 0.434. The number of nitrogens with zero attached hydrogens (tertiary/aromatic N) is 3. The average molecular weight is 498 g/mol. The highest BCUT2D eigenvalue weighted by Crippen LogP contribution is 2.29. The van der Waals surface area contributed by atoms with Crippen LogP contribution < -0.4 is 15.5 Å². The SMILES string of the molecule is CC1(Nc2ccccc2)CC(Cc2ccc(NC(=O)N3CCN(c4ccccc4)C3=O)cc2F)=CC=N1. The van der Waals surface area contributed by atoms with Crippen LogP contribution in [-0.2, 0) is 6.42 Å². The van der Waals surface area contributed by atoms with E-state index in [-0.39, 0.29) is 6.54 Å². The first-order valence-electron chi connectivity index (χ1n) is 12.2. The number of benzene rings is 3. The molecule has 0 radical (unpaired) electrons. The van der Waals surface area contributed by atoms with E-state index >= 15 is 4.39 Å². The van der Waals surface area contributed by atoms with Crippen molar-refractivity contribution >= 4 is 35.3 Å². The number of nitrogens with one attached hydrogen (secondary N) is 2. The van der Waals surface area contributed by atoms with Crippen LogP contribution in [0.2, 0.25) is 0 Å². The summed E-state index contributed by atoms with van der Waals surface area (Å²) in [5.41, 5.74) is 3.04. The summed E-state index contributed by atoms with van der Waals surface area (Å²) in [6.45, 7) is 2.67. The van der Waals surface area contributed by atoms with Crippen molar-refractivity contribution < 1.29 is 14.0 Å². The predicted molar refractivity (Wildman–Crippen MR) is 145 cm³/mol. The Morgan fingerprint density at radius 1 is 1.00 bits per heavy atom. The first-order chi connectivity index (χ1) is 17.9. The summed E-state index contributed by atoms with van der Waals surface area (Å²) in [4.78, 5) is 32.8. The molecule has 0 spiro atoms. The lowest BCUT2D eigenvalue weighted by Crippen LogP contribution is -2.39. The second-order valence-corrected chi connectivity index (χ2v) is 9.38. The Labute approximate surface area is 215 Å². The molecule has 5 rings (SSSR count). The fourth-order valence-corrected chi connectivity index (χ4v) is 4.66. The summed E-state index contributed by atoms with van der Waals surface area (Å²) in [6, 6.07) is 22.7. The van der Waals surface area contributed by atoms with Crippen molar-refractivity contribution in [1.82, 2.24) is 4.90 Å². The fraction of sp³-hybridized carbons (Fsp3) is 0.207. The van der Waals surface area contributed by atoms with Crippen molar-refractivity contribution in [3.05, 3.63) is 102 Å². The van der Waals surface area contributed by atoms with E-state index in [2.05, 4.69) is 15.6 Å². The van der Waals surface area contributed by atoms with Gasteiger partial charge in [-0.25, -0.2) is 18.9 Å². The van der Waals surface area contributed by atoms with Crippen molar-refractivity contribution in [2.75, 3.05) is 28.6 Å². The molecule has 8 heteroatoms. The van der Waals surface area contributed by atoms with Crippen molar-refractivity contribution in [3.63, 3.8) is 0 Å². The number of aliphatic imine (C=N–C) groups is 1. The molecule has 37 heavy (non-hydrogen) atoms. The number of hydrogen-bond acceptors (Lipinski definition) is 4. The topological polar surface area (TPSA) is 77.0 Å². The molecule has 1 fully saturated rings. The highest BCUT2D eigenvalue weighted by atomic mass is 19.1. The number of imide groups is 1. The predicted octanol–water partition coefficient (Wildman–Crippen LogP) is 6.07. The van der Waals surface area contributed by atoms with Gasteiger partial charge in [-0.1, -0.05) is 48.0 Å². The molecule has 2 aliphatic heterocycles. The van der Waals surface area contributed by atoms with Gasteiger partial charge in [0.1, 0.15) is 11.5 Å². The van der Waals surface area contributed by atoms with Gasteiger partial charge >= 0.3 is 12.1 Å². The maximum absolute atomic E-state index is 15.0. The Kier molecular flexibility index (Phi) is 6.72. The van der Waals surface area contributed by atoms with Gasteiger partial charge in [0.15, 0.2) is 0 Å². The second-order valence-electron chi connectivity index (χ2n) is 9.38. The minimum atomic E-state index is -0.579. The molecule has 0 bridgehead atoms. The fourth-order valence-electron chi connectivity index (χ4n) is 4.66. The molecular formula is C29H28FN5O2. The third-order valence-electron chi connectivity index (χ3n) is 6.47. The maximum atomic E-state index is 15.0. The lowest BCUT2D eigenvalue weighted by molar-refractivity contribution is 0.209. The van der Waals surface area contributed by atoms with E-state index in [1.807, 2.05) is 73.7 Å². The van der Waals surface area contributed by atoms with Crippen LogP contribution in [0.5, 0.6) is 0 Å².